The Labute approximate surface area is 241 Å². The summed E-state index contributed by atoms with van der Waals surface area (Å²) in [5.41, 5.74) is 5.22. The molecule has 0 atom stereocenters. The maximum absolute atomic E-state index is 2.51. The van der Waals surface area contributed by atoms with Crippen molar-refractivity contribution in [2.45, 2.75) is 202 Å². The summed E-state index contributed by atoms with van der Waals surface area (Å²) in [6.45, 7) is 11.7. The van der Waals surface area contributed by atoms with Crippen LogP contribution in [0.2, 0.25) is 0 Å². The van der Waals surface area contributed by atoms with E-state index < -0.39 is 0 Å². The summed E-state index contributed by atoms with van der Waals surface area (Å²) in [6.07, 6.45) is 44.4. The predicted octanol–water partition coefficient (Wildman–Crippen LogP) is 14.0. The molecule has 1 aliphatic rings. The molecule has 38 heavy (non-hydrogen) atoms. The molecule has 0 aromatic heterocycles. The van der Waals surface area contributed by atoms with Crippen molar-refractivity contribution in [1.82, 2.24) is 0 Å². The summed E-state index contributed by atoms with van der Waals surface area (Å²) in [6, 6.07) is 0. The highest BCUT2D eigenvalue weighted by molar-refractivity contribution is 5.40. The molecule has 0 spiro atoms. The lowest BCUT2D eigenvalue weighted by molar-refractivity contribution is 0.513. The van der Waals surface area contributed by atoms with Gasteiger partial charge in [0.15, 0.2) is 0 Å². The van der Waals surface area contributed by atoms with E-state index in [0.717, 1.165) is 6.42 Å². The molecule has 0 bridgehead atoms. The Bertz CT molecular complexity index is 623. The molecule has 0 radical (unpaired) electrons. The molecule has 0 nitrogen and oxygen atoms in total. The minimum atomic E-state index is 0.272. The Hall–Kier alpha value is -0.780. The second kappa shape index (κ2) is 24.1. The van der Waals surface area contributed by atoms with Crippen LogP contribution in [0, 0.1) is 5.41 Å². The standard InChI is InChI=1S/C38H70/c1-6-8-10-12-14-16-18-20-22-24-26-28-30-35(36-31-33-37(34-32-36)38(3,4)5)29-27-25-23-21-19-17-15-13-11-9-7-2/h31,33-34H,6-30,32H2,1-5H3/b36-35-. The number of hydrogen-bond acceptors (Lipinski definition) is 0. The van der Waals surface area contributed by atoms with E-state index in [1.165, 1.54) is 166 Å². The zero-order chi connectivity index (χ0) is 27.7. The molecule has 1 aliphatic carbocycles. The highest BCUT2D eigenvalue weighted by Gasteiger charge is 2.17. The van der Waals surface area contributed by atoms with E-state index in [2.05, 4.69) is 52.8 Å². The molecule has 1 rings (SSSR count). The zero-order valence-corrected chi connectivity index (χ0v) is 27.1. The van der Waals surface area contributed by atoms with E-state index in [0.29, 0.717) is 0 Å². The fraction of sp³-hybridized carbons (Fsp3) is 0.842. The highest BCUT2D eigenvalue weighted by atomic mass is 14.2. The first-order valence-electron chi connectivity index (χ1n) is 17.6. The quantitative estimate of drug-likeness (QED) is 0.104. The molecule has 0 fully saturated rings. The van der Waals surface area contributed by atoms with Crippen LogP contribution in [-0.2, 0) is 0 Å². The summed E-state index contributed by atoms with van der Waals surface area (Å²) in [5.74, 6) is 0. The van der Waals surface area contributed by atoms with Crippen LogP contribution in [0.25, 0.3) is 0 Å². The van der Waals surface area contributed by atoms with Crippen molar-refractivity contribution < 1.29 is 0 Å². The van der Waals surface area contributed by atoms with E-state index >= 15 is 0 Å². The molecule has 0 unspecified atom stereocenters. The van der Waals surface area contributed by atoms with Crippen LogP contribution in [0.4, 0.5) is 0 Å². The van der Waals surface area contributed by atoms with Crippen molar-refractivity contribution in [3.63, 3.8) is 0 Å². The fourth-order valence-corrected chi connectivity index (χ4v) is 5.99. The van der Waals surface area contributed by atoms with Gasteiger partial charge in [-0.25, -0.2) is 0 Å². The maximum Gasteiger partial charge on any atom is -0.00919 e. The average Bonchev–Trinajstić information content (AvgIpc) is 2.90. The van der Waals surface area contributed by atoms with Crippen molar-refractivity contribution in [3.8, 4) is 0 Å². The first-order chi connectivity index (χ1) is 18.5. The number of unbranched alkanes of at least 4 members (excludes halogenated alkanes) is 21. The van der Waals surface area contributed by atoms with Crippen LogP contribution in [0.1, 0.15) is 202 Å². The van der Waals surface area contributed by atoms with Crippen molar-refractivity contribution in [3.05, 3.63) is 34.9 Å². The number of allylic oxidation sites excluding steroid dienone is 6. The van der Waals surface area contributed by atoms with Gasteiger partial charge in [-0.05, 0) is 48.7 Å². The van der Waals surface area contributed by atoms with Gasteiger partial charge in [0.2, 0.25) is 0 Å². The molecule has 0 aromatic carbocycles. The third kappa shape index (κ3) is 19.3. The van der Waals surface area contributed by atoms with Gasteiger partial charge in [-0.2, -0.15) is 0 Å². The lowest BCUT2D eigenvalue weighted by atomic mass is 9.81. The summed E-state index contributed by atoms with van der Waals surface area (Å²) in [4.78, 5) is 0. The summed E-state index contributed by atoms with van der Waals surface area (Å²) < 4.78 is 0. The Morgan fingerprint density at radius 3 is 1.13 bits per heavy atom. The van der Waals surface area contributed by atoms with Crippen molar-refractivity contribution in [1.29, 1.82) is 0 Å². The van der Waals surface area contributed by atoms with Crippen molar-refractivity contribution in [2.24, 2.45) is 5.41 Å². The zero-order valence-electron chi connectivity index (χ0n) is 27.1. The first-order valence-corrected chi connectivity index (χ1v) is 17.6. The first kappa shape index (κ1) is 35.2. The highest BCUT2D eigenvalue weighted by Crippen LogP contribution is 2.33. The molecular formula is C38H70. The molecule has 0 saturated carbocycles. The Morgan fingerprint density at radius 1 is 0.500 bits per heavy atom. The molecule has 0 heterocycles. The van der Waals surface area contributed by atoms with Crippen LogP contribution in [0.3, 0.4) is 0 Å². The molecule has 222 valence electrons. The largest absolute Gasteiger partial charge is 0.0764 e. The van der Waals surface area contributed by atoms with Crippen LogP contribution < -0.4 is 0 Å². The SMILES string of the molecule is CCCCCCCCCCCCCC/C(CCCCCCCCCCCCC)=C1/C=CC(C(C)(C)C)=CC1. The average molecular weight is 527 g/mol. The van der Waals surface area contributed by atoms with Gasteiger partial charge >= 0.3 is 0 Å². The maximum atomic E-state index is 2.51. The van der Waals surface area contributed by atoms with E-state index in [1.54, 1.807) is 11.1 Å². The second-order valence-electron chi connectivity index (χ2n) is 13.5. The molecule has 0 aliphatic heterocycles. The third-order valence-corrected chi connectivity index (χ3v) is 8.74. The Balaban J connectivity index is 2.29. The van der Waals surface area contributed by atoms with Gasteiger partial charge < -0.3 is 0 Å². The number of rotatable bonds is 25. The van der Waals surface area contributed by atoms with E-state index in [1.807, 2.05) is 0 Å². The smallest absolute Gasteiger partial charge is 0.00919 e. The lowest BCUT2D eigenvalue weighted by Crippen LogP contribution is -2.09. The molecular weight excluding hydrogens is 456 g/mol. The molecule has 0 saturated heterocycles. The van der Waals surface area contributed by atoms with Gasteiger partial charge in [0.05, 0.1) is 0 Å². The van der Waals surface area contributed by atoms with Crippen LogP contribution in [0.15, 0.2) is 34.9 Å². The van der Waals surface area contributed by atoms with Gasteiger partial charge in [0, 0.05) is 0 Å². The van der Waals surface area contributed by atoms with E-state index in [4.69, 9.17) is 0 Å². The van der Waals surface area contributed by atoms with Crippen LogP contribution in [-0.4, -0.2) is 0 Å². The summed E-state index contributed by atoms with van der Waals surface area (Å²) in [5, 5.41) is 0. The van der Waals surface area contributed by atoms with E-state index in [-0.39, 0.29) is 5.41 Å². The molecule has 0 amide bonds. The van der Waals surface area contributed by atoms with Gasteiger partial charge in [-0.3, -0.25) is 0 Å². The van der Waals surface area contributed by atoms with E-state index in [9.17, 15) is 0 Å². The topological polar surface area (TPSA) is 0 Å². The third-order valence-electron chi connectivity index (χ3n) is 8.74. The Kier molecular flexibility index (Phi) is 22.3. The summed E-state index contributed by atoms with van der Waals surface area (Å²) >= 11 is 0. The Morgan fingerprint density at radius 2 is 0.842 bits per heavy atom. The van der Waals surface area contributed by atoms with Gasteiger partial charge in [-0.1, -0.05) is 193 Å². The minimum Gasteiger partial charge on any atom is -0.0764 e. The van der Waals surface area contributed by atoms with Crippen molar-refractivity contribution >= 4 is 0 Å². The molecule has 0 N–H and O–H groups in total. The normalized spacial score (nSPS) is 15.2. The predicted molar refractivity (Wildman–Crippen MR) is 175 cm³/mol. The fourth-order valence-electron chi connectivity index (χ4n) is 5.99. The minimum absolute atomic E-state index is 0.272. The molecule has 0 aromatic rings. The van der Waals surface area contributed by atoms with Gasteiger partial charge in [0.1, 0.15) is 0 Å². The van der Waals surface area contributed by atoms with Gasteiger partial charge in [-0.15, -0.1) is 0 Å². The van der Waals surface area contributed by atoms with Gasteiger partial charge in [0.25, 0.3) is 0 Å². The van der Waals surface area contributed by atoms with Crippen LogP contribution in [0.5, 0.6) is 0 Å². The molecule has 0 heteroatoms. The summed E-state index contributed by atoms with van der Waals surface area (Å²) in [7, 11) is 0. The van der Waals surface area contributed by atoms with Crippen molar-refractivity contribution in [2.75, 3.05) is 0 Å². The lowest BCUT2D eigenvalue weighted by Gasteiger charge is -2.24. The monoisotopic (exact) mass is 527 g/mol. The number of hydrogen-bond donors (Lipinski definition) is 0. The van der Waals surface area contributed by atoms with Crippen LogP contribution >= 0.6 is 0 Å². The second-order valence-corrected chi connectivity index (χ2v) is 13.5.